The summed E-state index contributed by atoms with van der Waals surface area (Å²) in [5.74, 6) is 0. The Kier molecular flexibility index (Phi) is 9.64. The molecule has 0 bridgehead atoms. The van der Waals surface area contributed by atoms with E-state index in [1.165, 1.54) is 120 Å². The van der Waals surface area contributed by atoms with Crippen molar-refractivity contribution in [3.05, 3.63) is 198 Å². The average Bonchev–Trinajstić information content (AvgIpc) is 3.77. The van der Waals surface area contributed by atoms with Gasteiger partial charge in [-0.3, -0.25) is 0 Å². The van der Waals surface area contributed by atoms with E-state index in [-0.39, 0.29) is 34.0 Å². The van der Waals surface area contributed by atoms with Crippen molar-refractivity contribution in [1.82, 2.24) is 0 Å². The molecule has 0 aromatic heterocycles. The first kappa shape index (κ1) is 46.0. The first-order chi connectivity index (χ1) is 35.4. The van der Waals surface area contributed by atoms with Crippen molar-refractivity contribution >= 4 is 76.2 Å². The quantitative estimate of drug-likeness (QED) is 0.159. The highest BCUT2D eigenvalue weighted by Gasteiger charge is 2.63. The lowest BCUT2D eigenvalue weighted by atomic mass is 9.33. The third-order valence-electron chi connectivity index (χ3n) is 20.1. The zero-order chi connectivity index (χ0) is 50.9. The van der Waals surface area contributed by atoms with E-state index in [1.807, 2.05) is 0 Å². The molecule has 5 heteroatoms. The van der Waals surface area contributed by atoms with Gasteiger partial charge in [-0.15, -0.1) is 0 Å². The zero-order valence-electron chi connectivity index (χ0n) is 45.3. The summed E-state index contributed by atoms with van der Waals surface area (Å²) >= 11 is 0. The summed E-state index contributed by atoms with van der Waals surface area (Å²) < 4.78 is 0. The zero-order valence-corrected chi connectivity index (χ0v) is 46.3. The Bertz CT molecular complexity index is 3630. The van der Waals surface area contributed by atoms with Gasteiger partial charge < -0.3 is 14.7 Å². The van der Waals surface area contributed by atoms with Gasteiger partial charge in [-0.05, 0) is 148 Å². The highest BCUT2D eigenvalue weighted by atomic mass is 28.3. The summed E-state index contributed by atoms with van der Waals surface area (Å²) in [5, 5.41) is 1.58. The molecular formula is C69H70BN3Si. The largest absolute Gasteiger partial charge is 0.335 e. The van der Waals surface area contributed by atoms with Crippen LogP contribution in [0, 0.1) is 0 Å². The van der Waals surface area contributed by atoms with E-state index in [0.717, 1.165) is 19.3 Å². The van der Waals surface area contributed by atoms with Crippen LogP contribution in [0.4, 0.5) is 39.8 Å². The van der Waals surface area contributed by atoms with Gasteiger partial charge in [0.05, 0.1) is 19.2 Å². The fraction of sp³-hybridized carbons (Fsp3) is 0.304. The minimum Gasteiger partial charge on any atom is -0.335 e. The summed E-state index contributed by atoms with van der Waals surface area (Å²) in [5.41, 5.74) is 25.4. The van der Waals surface area contributed by atoms with Crippen molar-refractivity contribution < 1.29 is 0 Å². The molecule has 8 aromatic rings. The molecule has 14 rings (SSSR count). The Morgan fingerprint density at radius 2 is 1.12 bits per heavy atom. The highest BCUT2D eigenvalue weighted by Crippen LogP contribution is 2.66. The van der Waals surface area contributed by atoms with Crippen molar-refractivity contribution in [3.8, 4) is 22.3 Å². The van der Waals surface area contributed by atoms with E-state index in [9.17, 15) is 0 Å². The lowest BCUT2D eigenvalue weighted by Crippen LogP contribution is -2.65. The Morgan fingerprint density at radius 3 is 1.84 bits per heavy atom. The third kappa shape index (κ3) is 6.08. The van der Waals surface area contributed by atoms with Crippen LogP contribution in [-0.4, -0.2) is 20.3 Å². The van der Waals surface area contributed by atoms with Gasteiger partial charge in [-0.25, -0.2) is 0 Å². The Hall–Kier alpha value is -6.56. The van der Waals surface area contributed by atoms with Crippen LogP contribution in [0.15, 0.2) is 170 Å². The van der Waals surface area contributed by atoms with Gasteiger partial charge in [-0.1, -0.05) is 206 Å². The molecule has 0 spiro atoms. The number of hydrogen-bond donors (Lipinski definition) is 0. The van der Waals surface area contributed by atoms with E-state index in [4.69, 9.17) is 0 Å². The molecule has 1 fully saturated rings. The molecule has 3 nitrogen and oxygen atoms in total. The van der Waals surface area contributed by atoms with Crippen molar-refractivity contribution in [3.63, 3.8) is 0 Å². The molecule has 0 N–H and O–H groups in total. The minimum atomic E-state index is -1.79. The van der Waals surface area contributed by atoms with Crippen LogP contribution < -0.4 is 36.3 Å². The van der Waals surface area contributed by atoms with Gasteiger partial charge in [0.2, 0.25) is 0 Å². The van der Waals surface area contributed by atoms with Crippen LogP contribution in [0.5, 0.6) is 0 Å². The standard InChI is InChI=1S/C69H70BN3Si/c1-65(2,3)50-30-34-59-55(40-50)67(5)38-35-48-25-17-18-26-54(48)69(67,7)72(59)52-41-61-63-62(42-52)73-64-56(66(4)36-19-20-37-68(66,73)6)43-53(74(8,9)10)44-58(64)70(63)57-39-49(46-23-15-12-16-24-46)29-33-60(57)71(61)51-31-27-47(28-32-51)45-21-13-11-14-22-45/h11-18,21-34,39-44H,19-20,35-38H2,1-10H3. The first-order valence-corrected chi connectivity index (χ1v) is 31.3. The van der Waals surface area contributed by atoms with Crippen molar-refractivity contribution in [1.29, 1.82) is 0 Å². The van der Waals surface area contributed by atoms with Gasteiger partial charge in [0.1, 0.15) is 0 Å². The van der Waals surface area contributed by atoms with Crippen LogP contribution in [0.3, 0.4) is 0 Å². The molecular weight excluding hydrogens is 910 g/mol. The Morgan fingerprint density at radius 1 is 0.486 bits per heavy atom. The van der Waals surface area contributed by atoms with E-state index in [0.29, 0.717) is 0 Å². The van der Waals surface area contributed by atoms with Crippen molar-refractivity contribution in [2.24, 2.45) is 0 Å². The SMILES string of the molecule is CC(C)(C)c1ccc2c(c1)C1(C)CCc3ccccc3C1(C)N2c1cc2c3c(c1)N1c4c(cc([Si](C)(C)C)cc4C4(C)CCCCC14C)B3c1cc(-c3ccccc3)ccc1N2c1ccc(-c2ccccc2)cc1. The van der Waals surface area contributed by atoms with Crippen LogP contribution in [0.1, 0.15) is 108 Å². The van der Waals surface area contributed by atoms with Gasteiger partial charge in [0.15, 0.2) is 0 Å². The number of rotatable bonds is 5. The van der Waals surface area contributed by atoms with E-state index in [2.05, 4.69) is 253 Å². The molecule has 368 valence electrons. The van der Waals surface area contributed by atoms with Crippen molar-refractivity contribution in [2.75, 3.05) is 14.7 Å². The number of fused-ring (bicyclic) bond motifs is 12. The van der Waals surface area contributed by atoms with Crippen LogP contribution >= 0.6 is 0 Å². The van der Waals surface area contributed by atoms with Crippen LogP contribution in [-0.2, 0) is 28.2 Å². The normalized spacial score (nSPS) is 23.9. The maximum Gasteiger partial charge on any atom is 0.252 e. The van der Waals surface area contributed by atoms with Crippen molar-refractivity contribution in [2.45, 2.75) is 134 Å². The van der Waals surface area contributed by atoms with Gasteiger partial charge >= 0.3 is 0 Å². The molecule has 4 aliphatic heterocycles. The summed E-state index contributed by atoms with van der Waals surface area (Å²) in [7, 11) is -1.79. The average molecular weight is 980 g/mol. The predicted molar refractivity (Wildman–Crippen MR) is 319 cm³/mol. The summed E-state index contributed by atoms with van der Waals surface area (Å²) in [6, 6.07) is 66.6. The molecule has 6 aliphatic rings. The fourth-order valence-corrected chi connectivity index (χ4v) is 16.8. The molecule has 0 saturated heterocycles. The molecule has 2 aliphatic carbocycles. The smallest absolute Gasteiger partial charge is 0.252 e. The summed E-state index contributed by atoms with van der Waals surface area (Å²) in [6.45, 7) is 25.3. The summed E-state index contributed by atoms with van der Waals surface area (Å²) in [4.78, 5) is 8.47. The van der Waals surface area contributed by atoms with Crippen LogP contribution in [0.2, 0.25) is 19.6 Å². The first-order valence-electron chi connectivity index (χ1n) is 27.8. The molecule has 0 radical (unpaired) electrons. The number of hydrogen-bond acceptors (Lipinski definition) is 3. The second kappa shape index (κ2) is 15.5. The fourth-order valence-electron chi connectivity index (χ4n) is 15.6. The van der Waals surface area contributed by atoms with E-state index in [1.54, 1.807) is 10.8 Å². The minimum absolute atomic E-state index is 0.0144. The molecule has 4 unspecified atom stereocenters. The van der Waals surface area contributed by atoms with Gasteiger partial charge in [0.25, 0.3) is 6.71 Å². The molecule has 0 amide bonds. The predicted octanol–water partition coefficient (Wildman–Crippen LogP) is 15.5. The highest BCUT2D eigenvalue weighted by molar-refractivity contribution is 7.01. The summed E-state index contributed by atoms with van der Waals surface area (Å²) in [6.07, 6.45) is 7.03. The number of aryl methyl sites for hydroxylation is 1. The maximum atomic E-state index is 2.96. The molecule has 1 saturated carbocycles. The second-order valence-corrected chi connectivity index (χ2v) is 31.0. The van der Waals surface area contributed by atoms with Crippen LogP contribution in [0.25, 0.3) is 22.3 Å². The topological polar surface area (TPSA) is 9.72 Å². The Balaban J connectivity index is 1.11. The lowest BCUT2D eigenvalue weighted by Gasteiger charge is -2.54. The molecule has 8 aromatic carbocycles. The monoisotopic (exact) mass is 980 g/mol. The maximum absolute atomic E-state index is 2.96. The van der Waals surface area contributed by atoms with E-state index < -0.39 is 8.07 Å². The second-order valence-electron chi connectivity index (χ2n) is 26.0. The molecule has 4 atom stereocenters. The van der Waals surface area contributed by atoms with Gasteiger partial charge in [-0.2, -0.15) is 0 Å². The van der Waals surface area contributed by atoms with E-state index >= 15 is 0 Å². The Labute approximate surface area is 442 Å². The number of nitrogens with zero attached hydrogens (tertiary/aromatic N) is 3. The lowest BCUT2D eigenvalue weighted by molar-refractivity contribution is 0.195. The number of benzene rings is 8. The van der Waals surface area contributed by atoms with Gasteiger partial charge in [0, 0.05) is 50.6 Å². The molecule has 74 heavy (non-hydrogen) atoms. The molecule has 4 heterocycles. The number of anilines is 7. The third-order valence-corrected chi connectivity index (χ3v) is 22.2.